The van der Waals surface area contributed by atoms with Gasteiger partial charge in [-0.25, -0.2) is 4.79 Å². The van der Waals surface area contributed by atoms with E-state index in [1.54, 1.807) is 19.1 Å². The molecule has 0 unspecified atom stereocenters. The van der Waals surface area contributed by atoms with Crippen LogP contribution in [0.2, 0.25) is 0 Å². The molecule has 4 rings (SSSR count). The Kier molecular flexibility index (Phi) is 4.01. The van der Waals surface area contributed by atoms with Crippen LogP contribution in [0.15, 0.2) is 59.0 Å². The van der Waals surface area contributed by atoms with Crippen LogP contribution in [0.4, 0.5) is 0 Å². The number of carbonyl (C=O) groups is 1. The van der Waals surface area contributed by atoms with Gasteiger partial charge in [-0.2, -0.15) is 0 Å². The van der Waals surface area contributed by atoms with E-state index in [0.29, 0.717) is 23.9 Å². The minimum atomic E-state index is -0.343. The van der Waals surface area contributed by atoms with Crippen molar-refractivity contribution < 1.29 is 13.9 Å². The van der Waals surface area contributed by atoms with Gasteiger partial charge in [0.1, 0.15) is 5.69 Å². The molecule has 2 aromatic heterocycles. The van der Waals surface area contributed by atoms with E-state index in [0.717, 1.165) is 22.2 Å². The molecule has 2 aromatic carbocycles. The Balaban J connectivity index is 1.76. The summed E-state index contributed by atoms with van der Waals surface area (Å²) in [4.78, 5) is 11.6. The van der Waals surface area contributed by atoms with E-state index >= 15 is 0 Å². The Morgan fingerprint density at radius 3 is 2.58 bits per heavy atom. The molecule has 130 valence electrons. The van der Waals surface area contributed by atoms with Crippen molar-refractivity contribution in [3.8, 4) is 11.6 Å². The van der Waals surface area contributed by atoms with Gasteiger partial charge in [-0.15, -0.1) is 10.2 Å². The second kappa shape index (κ2) is 6.48. The number of rotatable bonds is 4. The summed E-state index contributed by atoms with van der Waals surface area (Å²) in [5.41, 5.74) is 3.53. The molecule has 0 amide bonds. The smallest absolute Gasteiger partial charge is 0.337 e. The molecule has 0 bridgehead atoms. The SMILES string of the molecule is COC(=O)c1ccc(Cn2c(-c3nnc(C)o3)cc3ccccc32)cc1. The van der Waals surface area contributed by atoms with Crippen molar-refractivity contribution in [3.63, 3.8) is 0 Å². The van der Waals surface area contributed by atoms with Gasteiger partial charge >= 0.3 is 5.97 Å². The van der Waals surface area contributed by atoms with Crippen molar-refractivity contribution in [1.82, 2.24) is 14.8 Å². The molecule has 4 aromatic rings. The molecule has 0 atom stereocenters. The summed E-state index contributed by atoms with van der Waals surface area (Å²) in [5.74, 6) is 0.675. The first kappa shape index (κ1) is 16.1. The van der Waals surface area contributed by atoms with Gasteiger partial charge in [-0.3, -0.25) is 0 Å². The first-order valence-corrected chi connectivity index (χ1v) is 8.22. The Bertz CT molecular complexity index is 1080. The molecule has 0 spiro atoms. The minimum Gasteiger partial charge on any atom is -0.465 e. The maximum Gasteiger partial charge on any atom is 0.337 e. The van der Waals surface area contributed by atoms with Crippen molar-refractivity contribution in [2.45, 2.75) is 13.5 Å². The lowest BCUT2D eigenvalue weighted by atomic mass is 10.1. The average Bonchev–Trinajstić information content (AvgIpc) is 3.25. The first-order valence-electron chi connectivity index (χ1n) is 8.22. The molecular weight excluding hydrogens is 330 g/mol. The Morgan fingerprint density at radius 1 is 1.12 bits per heavy atom. The van der Waals surface area contributed by atoms with Crippen LogP contribution in [0.1, 0.15) is 21.8 Å². The zero-order valence-electron chi connectivity index (χ0n) is 14.5. The van der Waals surface area contributed by atoms with Gasteiger partial charge in [0.15, 0.2) is 0 Å². The second-order valence-electron chi connectivity index (χ2n) is 5.99. The fraction of sp³-hybridized carbons (Fsp3) is 0.150. The quantitative estimate of drug-likeness (QED) is 0.525. The highest BCUT2D eigenvalue weighted by Gasteiger charge is 2.16. The predicted octanol–water partition coefficient (Wildman–Crippen LogP) is 3.83. The van der Waals surface area contributed by atoms with E-state index in [1.807, 2.05) is 30.3 Å². The van der Waals surface area contributed by atoms with Crippen LogP contribution in [0.25, 0.3) is 22.5 Å². The van der Waals surface area contributed by atoms with Crippen LogP contribution in [-0.4, -0.2) is 27.8 Å². The maximum absolute atomic E-state index is 11.6. The van der Waals surface area contributed by atoms with Crippen LogP contribution in [-0.2, 0) is 11.3 Å². The molecule has 0 aliphatic carbocycles. The number of methoxy groups -OCH3 is 1. The average molecular weight is 347 g/mol. The zero-order chi connectivity index (χ0) is 18.1. The molecule has 0 saturated heterocycles. The molecule has 2 heterocycles. The van der Waals surface area contributed by atoms with Crippen molar-refractivity contribution in [3.05, 3.63) is 71.6 Å². The summed E-state index contributed by atoms with van der Waals surface area (Å²) in [6, 6.07) is 17.5. The summed E-state index contributed by atoms with van der Waals surface area (Å²) >= 11 is 0. The molecule has 0 saturated carbocycles. The van der Waals surface area contributed by atoms with Crippen molar-refractivity contribution in [2.75, 3.05) is 7.11 Å². The fourth-order valence-corrected chi connectivity index (χ4v) is 3.00. The number of aromatic nitrogens is 3. The number of fused-ring (bicyclic) bond motifs is 1. The topological polar surface area (TPSA) is 70.2 Å². The van der Waals surface area contributed by atoms with Gasteiger partial charge in [-0.1, -0.05) is 30.3 Å². The number of hydrogen-bond acceptors (Lipinski definition) is 5. The Morgan fingerprint density at radius 2 is 1.88 bits per heavy atom. The van der Waals surface area contributed by atoms with E-state index in [2.05, 4.69) is 26.9 Å². The third-order valence-corrected chi connectivity index (χ3v) is 4.27. The third kappa shape index (κ3) is 2.86. The molecule has 0 aliphatic heterocycles. The van der Waals surface area contributed by atoms with E-state index in [1.165, 1.54) is 7.11 Å². The highest BCUT2D eigenvalue weighted by molar-refractivity contribution is 5.89. The summed E-state index contributed by atoms with van der Waals surface area (Å²) in [7, 11) is 1.38. The van der Waals surface area contributed by atoms with E-state index in [-0.39, 0.29) is 5.97 Å². The highest BCUT2D eigenvalue weighted by atomic mass is 16.5. The van der Waals surface area contributed by atoms with Gasteiger partial charge < -0.3 is 13.7 Å². The Labute approximate surface area is 150 Å². The van der Waals surface area contributed by atoms with E-state index in [4.69, 9.17) is 9.15 Å². The predicted molar refractivity (Wildman–Crippen MR) is 96.9 cm³/mol. The van der Waals surface area contributed by atoms with Crippen LogP contribution in [0.5, 0.6) is 0 Å². The molecule has 0 N–H and O–H groups in total. The standard InChI is InChI=1S/C20H17N3O3/c1-13-21-22-19(26-13)18-11-16-5-3-4-6-17(16)23(18)12-14-7-9-15(10-8-14)20(24)25-2/h3-11H,12H2,1-2H3. The molecule has 0 radical (unpaired) electrons. The van der Waals surface area contributed by atoms with Crippen molar-refractivity contribution >= 4 is 16.9 Å². The molecule has 0 aliphatic rings. The first-order chi connectivity index (χ1) is 12.7. The van der Waals surface area contributed by atoms with Crippen LogP contribution >= 0.6 is 0 Å². The summed E-state index contributed by atoms with van der Waals surface area (Å²) in [6.07, 6.45) is 0. The normalized spacial score (nSPS) is 11.0. The van der Waals surface area contributed by atoms with Gasteiger partial charge in [0, 0.05) is 24.4 Å². The van der Waals surface area contributed by atoms with Gasteiger partial charge in [0.2, 0.25) is 5.89 Å². The number of aryl methyl sites for hydroxylation is 1. The van der Waals surface area contributed by atoms with E-state index in [9.17, 15) is 4.79 Å². The number of nitrogens with zero attached hydrogens (tertiary/aromatic N) is 3. The third-order valence-electron chi connectivity index (χ3n) is 4.27. The summed E-state index contributed by atoms with van der Waals surface area (Å²) in [6.45, 7) is 2.39. The highest BCUT2D eigenvalue weighted by Crippen LogP contribution is 2.28. The lowest BCUT2D eigenvalue weighted by molar-refractivity contribution is 0.0600. The van der Waals surface area contributed by atoms with Crippen LogP contribution < -0.4 is 0 Å². The minimum absolute atomic E-state index is 0.343. The lowest BCUT2D eigenvalue weighted by Crippen LogP contribution is -2.04. The van der Waals surface area contributed by atoms with Crippen molar-refractivity contribution in [1.29, 1.82) is 0 Å². The van der Waals surface area contributed by atoms with Gasteiger partial charge in [0.25, 0.3) is 5.89 Å². The van der Waals surface area contributed by atoms with Gasteiger partial charge in [-0.05, 0) is 29.8 Å². The summed E-state index contributed by atoms with van der Waals surface area (Å²) in [5, 5.41) is 9.21. The number of hydrogen-bond donors (Lipinski definition) is 0. The molecule has 26 heavy (non-hydrogen) atoms. The number of esters is 1. The number of benzene rings is 2. The Hall–Kier alpha value is -3.41. The van der Waals surface area contributed by atoms with Crippen LogP contribution in [0, 0.1) is 6.92 Å². The second-order valence-corrected chi connectivity index (χ2v) is 5.99. The molecule has 0 fully saturated rings. The number of para-hydroxylation sites is 1. The lowest BCUT2D eigenvalue weighted by Gasteiger charge is -2.09. The fourth-order valence-electron chi connectivity index (χ4n) is 3.00. The van der Waals surface area contributed by atoms with Crippen molar-refractivity contribution in [2.24, 2.45) is 0 Å². The van der Waals surface area contributed by atoms with E-state index < -0.39 is 0 Å². The maximum atomic E-state index is 11.6. The number of carbonyl (C=O) groups excluding carboxylic acids is 1. The molecular formula is C20H17N3O3. The monoisotopic (exact) mass is 347 g/mol. The zero-order valence-corrected chi connectivity index (χ0v) is 14.5. The largest absolute Gasteiger partial charge is 0.465 e. The molecule has 6 heteroatoms. The van der Waals surface area contributed by atoms with Crippen LogP contribution in [0.3, 0.4) is 0 Å². The molecule has 6 nitrogen and oxygen atoms in total. The number of ether oxygens (including phenoxy) is 1. The van der Waals surface area contributed by atoms with Gasteiger partial charge in [0.05, 0.1) is 12.7 Å². The summed E-state index contributed by atoms with van der Waals surface area (Å²) < 4.78 is 12.5.